The van der Waals surface area contributed by atoms with E-state index in [1.54, 1.807) is 23.4 Å². The number of piperazine rings is 1. The maximum absolute atomic E-state index is 6.41. The van der Waals surface area contributed by atoms with Gasteiger partial charge in [0.05, 0.1) is 25.0 Å². The molecule has 0 aliphatic carbocycles. The van der Waals surface area contributed by atoms with E-state index in [1.807, 2.05) is 46.6 Å². The van der Waals surface area contributed by atoms with Gasteiger partial charge in [-0.3, -0.25) is 9.88 Å². The Morgan fingerprint density at radius 1 is 0.894 bits per heavy atom. The molecule has 2 saturated heterocycles. The first-order valence-electron chi connectivity index (χ1n) is 16.2. The lowest BCUT2D eigenvalue weighted by molar-refractivity contribution is -0.195. The Bertz CT molecular complexity index is 1640. The van der Waals surface area contributed by atoms with Crippen LogP contribution in [0.15, 0.2) is 103 Å². The summed E-state index contributed by atoms with van der Waals surface area (Å²) < 4.78 is 18.8. The van der Waals surface area contributed by atoms with Gasteiger partial charge in [-0.05, 0) is 74.0 Å². The highest BCUT2D eigenvalue weighted by Crippen LogP contribution is 2.35. The van der Waals surface area contributed by atoms with Gasteiger partial charge < -0.3 is 24.0 Å². The average molecular weight is 636 g/mol. The maximum atomic E-state index is 6.41. The first-order valence-corrected chi connectivity index (χ1v) is 16.2. The van der Waals surface area contributed by atoms with Crippen molar-refractivity contribution in [1.29, 1.82) is 0 Å². The Labute approximate surface area is 275 Å². The molecule has 3 aliphatic heterocycles. The monoisotopic (exact) mass is 635 g/mol. The smallest absolute Gasteiger partial charge is 0.235 e. The summed E-state index contributed by atoms with van der Waals surface area (Å²) in [4.78, 5) is 12.9. The van der Waals surface area contributed by atoms with Crippen LogP contribution >= 0.6 is 0 Å². The number of pyridine rings is 1. The average Bonchev–Trinajstić information content (AvgIpc) is 3.89. The largest absolute Gasteiger partial charge is 0.491 e. The van der Waals surface area contributed by atoms with Crippen LogP contribution in [0.1, 0.15) is 26.0 Å². The molecule has 3 unspecified atom stereocenters. The minimum atomic E-state index is -1.07. The van der Waals surface area contributed by atoms with Crippen LogP contribution in [0, 0.1) is 0 Å². The number of benzene rings is 2. The molecule has 3 aliphatic rings. The number of hydrogen-bond acceptors (Lipinski definition) is 11. The van der Waals surface area contributed by atoms with E-state index in [2.05, 4.69) is 86.9 Å². The molecule has 0 radical (unpaired) electrons. The van der Waals surface area contributed by atoms with Gasteiger partial charge in [-0.2, -0.15) is 20.1 Å². The highest BCUT2D eigenvalue weighted by Gasteiger charge is 2.46. The molecule has 4 aromatic rings. The zero-order valence-corrected chi connectivity index (χ0v) is 26.9. The molecular formula is C35H41N9O3. The van der Waals surface area contributed by atoms with E-state index in [1.165, 1.54) is 11.4 Å². The SMILES string of the molecule is C=C1N(c2ccc(N3CCN(c4ccc(OCC5COC(Cn6nccn6)(c6ccccn6)O5)cc4)CC3)cc2)C=NN1C(C)CC. The molecule has 0 N–H and O–H groups in total. The number of hydrazone groups is 1. The van der Waals surface area contributed by atoms with E-state index >= 15 is 0 Å². The summed E-state index contributed by atoms with van der Waals surface area (Å²) in [6.07, 6.45) is 7.59. The molecule has 0 amide bonds. The van der Waals surface area contributed by atoms with E-state index < -0.39 is 5.79 Å². The molecule has 12 heteroatoms. The number of nitrogens with zero attached hydrogens (tertiary/aromatic N) is 9. The highest BCUT2D eigenvalue weighted by molar-refractivity contribution is 5.85. The van der Waals surface area contributed by atoms with E-state index in [4.69, 9.17) is 14.2 Å². The van der Waals surface area contributed by atoms with Gasteiger partial charge in [-0.15, -0.1) is 0 Å². The number of rotatable bonds is 11. The summed E-state index contributed by atoms with van der Waals surface area (Å²) in [6, 6.07) is 23.0. The maximum Gasteiger partial charge on any atom is 0.235 e. The summed E-state index contributed by atoms with van der Waals surface area (Å²) in [6.45, 7) is 13.4. The minimum absolute atomic E-state index is 0.267. The lowest BCUT2D eigenvalue weighted by atomic mass is 10.1. The quantitative estimate of drug-likeness (QED) is 0.231. The van der Waals surface area contributed by atoms with Crippen LogP contribution in [0.4, 0.5) is 17.1 Å². The molecule has 5 heterocycles. The molecule has 2 fully saturated rings. The summed E-state index contributed by atoms with van der Waals surface area (Å²) >= 11 is 0. The van der Waals surface area contributed by atoms with E-state index in [0.717, 1.165) is 49.9 Å². The van der Waals surface area contributed by atoms with Gasteiger partial charge >= 0.3 is 0 Å². The van der Waals surface area contributed by atoms with Crippen molar-refractivity contribution in [1.82, 2.24) is 25.0 Å². The van der Waals surface area contributed by atoms with Crippen LogP contribution in [-0.2, 0) is 21.8 Å². The molecule has 47 heavy (non-hydrogen) atoms. The van der Waals surface area contributed by atoms with E-state index in [-0.39, 0.29) is 6.10 Å². The molecule has 0 bridgehead atoms. The van der Waals surface area contributed by atoms with Crippen LogP contribution in [-0.4, -0.2) is 82.9 Å². The van der Waals surface area contributed by atoms with Crippen molar-refractivity contribution >= 4 is 23.4 Å². The number of anilines is 3. The predicted molar refractivity (Wildman–Crippen MR) is 181 cm³/mol. The molecule has 0 spiro atoms. The molecular weight excluding hydrogens is 594 g/mol. The van der Waals surface area contributed by atoms with Crippen molar-refractivity contribution in [2.75, 3.05) is 54.1 Å². The Morgan fingerprint density at radius 2 is 1.55 bits per heavy atom. The molecule has 7 rings (SSSR count). The fraction of sp³-hybridized carbons (Fsp3) is 0.371. The Kier molecular flexibility index (Phi) is 8.77. The summed E-state index contributed by atoms with van der Waals surface area (Å²) in [5.74, 6) is 0.605. The zero-order valence-electron chi connectivity index (χ0n) is 26.9. The predicted octanol–water partition coefficient (Wildman–Crippen LogP) is 4.68. The van der Waals surface area contributed by atoms with Crippen LogP contribution in [0.3, 0.4) is 0 Å². The van der Waals surface area contributed by atoms with Crippen molar-refractivity contribution in [3.8, 4) is 5.75 Å². The first kappa shape index (κ1) is 30.7. The molecule has 244 valence electrons. The van der Waals surface area contributed by atoms with Gasteiger partial charge in [-0.1, -0.05) is 19.6 Å². The van der Waals surface area contributed by atoms with E-state index in [0.29, 0.717) is 31.5 Å². The molecule has 2 aromatic carbocycles. The molecule has 12 nitrogen and oxygen atoms in total. The standard InChI is InChI=1S/C35H41N9O3/c1-4-27(2)44-28(3)42(26-39-44)31-10-8-29(9-11-31)40-19-21-41(22-20-40)30-12-14-32(15-13-30)45-23-33-24-46-35(47-33,25-43-37-17-18-38-43)34-7-5-6-16-36-34/h5-18,26-27,33H,3-4,19-25H2,1-2H3. The normalized spacial score (nSPS) is 21.9. The molecule has 3 atom stereocenters. The number of ether oxygens (including phenoxy) is 3. The van der Waals surface area contributed by atoms with Gasteiger partial charge in [0.1, 0.15) is 42.9 Å². The fourth-order valence-electron chi connectivity index (χ4n) is 6.14. The van der Waals surface area contributed by atoms with Gasteiger partial charge in [0.15, 0.2) is 0 Å². The summed E-state index contributed by atoms with van der Waals surface area (Å²) in [5, 5.41) is 15.0. The van der Waals surface area contributed by atoms with Crippen molar-refractivity contribution in [3.05, 3.63) is 103 Å². The van der Waals surface area contributed by atoms with Crippen molar-refractivity contribution < 1.29 is 14.2 Å². The Hall–Kier alpha value is -4.94. The van der Waals surface area contributed by atoms with Gasteiger partial charge in [-0.25, -0.2) is 5.01 Å². The van der Waals surface area contributed by atoms with Crippen LogP contribution in [0.25, 0.3) is 0 Å². The van der Waals surface area contributed by atoms with Crippen LogP contribution < -0.4 is 19.4 Å². The topological polar surface area (TPSA) is 96.6 Å². The lowest BCUT2D eigenvalue weighted by Gasteiger charge is -2.37. The second-order valence-electron chi connectivity index (χ2n) is 12.0. The minimum Gasteiger partial charge on any atom is -0.491 e. The Morgan fingerprint density at radius 3 is 2.19 bits per heavy atom. The van der Waals surface area contributed by atoms with Crippen LogP contribution in [0.2, 0.25) is 0 Å². The lowest BCUT2D eigenvalue weighted by Crippen LogP contribution is -2.46. The van der Waals surface area contributed by atoms with Gasteiger partial charge in [0.2, 0.25) is 5.79 Å². The number of aromatic nitrogens is 4. The summed E-state index contributed by atoms with van der Waals surface area (Å²) in [5.41, 5.74) is 4.16. The zero-order chi connectivity index (χ0) is 32.2. The first-order chi connectivity index (χ1) is 23.0. The van der Waals surface area contributed by atoms with Gasteiger partial charge in [0, 0.05) is 49.4 Å². The fourth-order valence-corrected chi connectivity index (χ4v) is 6.14. The number of hydrogen-bond donors (Lipinski definition) is 0. The highest BCUT2D eigenvalue weighted by atomic mass is 16.8. The van der Waals surface area contributed by atoms with Gasteiger partial charge in [0.25, 0.3) is 0 Å². The van der Waals surface area contributed by atoms with Crippen LogP contribution in [0.5, 0.6) is 5.75 Å². The third-order valence-corrected chi connectivity index (χ3v) is 8.98. The third-order valence-electron chi connectivity index (χ3n) is 8.98. The van der Waals surface area contributed by atoms with Crippen molar-refractivity contribution in [2.24, 2.45) is 5.10 Å². The van der Waals surface area contributed by atoms with Crippen molar-refractivity contribution in [3.63, 3.8) is 0 Å². The molecule has 2 aromatic heterocycles. The van der Waals surface area contributed by atoms with E-state index in [9.17, 15) is 0 Å². The second kappa shape index (κ2) is 13.4. The Balaban J connectivity index is 0.898. The second-order valence-corrected chi connectivity index (χ2v) is 12.0. The molecule has 0 saturated carbocycles. The summed E-state index contributed by atoms with van der Waals surface area (Å²) in [7, 11) is 0. The third kappa shape index (κ3) is 6.51. The van der Waals surface area contributed by atoms with Crippen molar-refractivity contribution in [2.45, 2.75) is 44.7 Å².